The van der Waals surface area contributed by atoms with Crippen LogP contribution in [0.2, 0.25) is 0 Å². The molecule has 0 unspecified atom stereocenters. The van der Waals surface area contributed by atoms with Gasteiger partial charge in [-0.05, 0) is 43.7 Å². The topological polar surface area (TPSA) is 102 Å². The fourth-order valence-electron chi connectivity index (χ4n) is 3.10. The van der Waals surface area contributed by atoms with Crippen LogP contribution in [0.25, 0.3) is 0 Å². The number of hydrogen-bond acceptors (Lipinski definition) is 6. The minimum atomic E-state index is -1.12. The molecule has 0 aliphatic carbocycles. The van der Waals surface area contributed by atoms with Gasteiger partial charge in [0.05, 0.1) is 12.3 Å². The summed E-state index contributed by atoms with van der Waals surface area (Å²) in [5.74, 6) is 1.33. The highest BCUT2D eigenvalue weighted by Gasteiger charge is 2.19. The number of benzene rings is 2. The van der Waals surface area contributed by atoms with E-state index in [1.165, 1.54) is 0 Å². The van der Waals surface area contributed by atoms with Crippen LogP contribution in [0.4, 0.5) is 4.79 Å². The summed E-state index contributed by atoms with van der Waals surface area (Å²) >= 11 is 0. The van der Waals surface area contributed by atoms with Crippen LogP contribution in [0, 0.1) is 20.8 Å². The lowest BCUT2D eigenvalue weighted by atomic mass is 10.2. The minimum Gasteiger partial charge on any atom is -0.493 e. The molecule has 3 aromatic rings. The van der Waals surface area contributed by atoms with Crippen molar-refractivity contribution in [1.82, 2.24) is 9.88 Å². The highest BCUT2D eigenvalue weighted by atomic mass is 16.6. The van der Waals surface area contributed by atoms with E-state index in [9.17, 15) is 14.7 Å². The number of rotatable bonds is 9. The van der Waals surface area contributed by atoms with Gasteiger partial charge in [-0.2, -0.15) is 0 Å². The molecule has 1 heterocycles. The predicted octanol–water partition coefficient (Wildman–Crippen LogP) is 4.31. The molecule has 168 valence electrons. The van der Waals surface area contributed by atoms with Gasteiger partial charge in [0, 0.05) is 19.9 Å². The van der Waals surface area contributed by atoms with Gasteiger partial charge in [-0.15, -0.1) is 0 Å². The number of oxazole rings is 1. The Labute approximate surface area is 186 Å². The number of nitrogens with zero attached hydrogens (tertiary/aromatic N) is 2. The molecule has 0 saturated carbocycles. The predicted molar refractivity (Wildman–Crippen MR) is 117 cm³/mol. The fraction of sp³-hybridized carbons (Fsp3) is 0.292. The number of aromatic nitrogens is 1. The molecule has 0 fully saturated rings. The van der Waals surface area contributed by atoms with E-state index in [0.29, 0.717) is 30.4 Å². The average molecular weight is 438 g/mol. The summed E-state index contributed by atoms with van der Waals surface area (Å²) in [4.78, 5) is 29.2. The normalized spacial score (nSPS) is 10.6. The highest BCUT2D eigenvalue weighted by Crippen LogP contribution is 2.17. The monoisotopic (exact) mass is 438 g/mol. The zero-order chi connectivity index (χ0) is 23.1. The first-order valence-electron chi connectivity index (χ1n) is 10.2. The van der Waals surface area contributed by atoms with Gasteiger partial charge in [0.15, 0.2) is 5.89 Å². The van der Waals surface area contributed by atoms with E-state index < -0.39 is 18.6 Å². The van der Waals surface area contributed by atoms with Gasteiger partial charge < -0.3 is 19.0 Å². The second-order valence-electron chi connectivity index (χ2n) is 7.41. The lowest BCUT2D eigenvalue weighted by Crippen LogP contribution is -2.37. The van der Waals surface area contributed by atoms with Crippen molar-refractivity contribution >= 4 is 12.1 Å². The maximum Gasteiger partial charge on any atom is 0.416 e. The van der Waals surface area contributed by atoms with E-state index >= 15 is 0 Å². The summed E-state index contributed by atoms with van der Waals surface area (Å²) in [6, 6.07) is 14.1. The van der Waals surface area contributed by atoms with Gasteiger partial charge in [0.25, 0.3) is 0 Å². The SMILES string of the molecule is Cc1ccc(OC(=O)N(CC(=O)O)Cc2ccc(OCCc3nc(C)oc3C)cc2)cc1. The number of hydrogen-bond donors (Lipinski definition) is 1. The van der Waals surface area contributed by atoms with E-state index in [1.54, 1.807) is 43.3 Å². The Bertz CT molecular complexity index is 1060. The van der Waals surface area contributed by atoms with Crippen molar-refractivity contribution in [2.45, 2.75) is 33.7 Å². The molecule has 8 heteroatoms. The third-order valence-electron chi connectivity index (χ3n) is 4.71. The average Bonchev–Trinajstić information content (AvgIpc) is 3.07. The lowest BCUT2D eigenvalue weighted by molar-refractivity contribution is -0.138. The van der Waals surface area contributed by atoms with Crippen LogP contribution < -0.4 is 9.47 Å². The Hall–Kier alpha value is -3.81. The minimum absolute atomic E-state index is 0.0920. The fourth-order valence-corrected chi connectivity index (χ4v) is 3.10. The first-order valence-corrected chi connectivity index (χ1v) is 10.2. The Morgan fingerprint density at radius 2 is 1.66 bits per heavy atom. The molecule has 3 rings (SSSR count). The smallest absolute Gasteiger partial charge is 0.416 e. The lowest BCUT2D eigenvalue weighted by Gasteiger charge is -2.20. The van der Waals surface area contributed by atoms with E-state index in [1.807, 2.05) is 26.0 Å². The second kappa shape index (κ2) is 10.5. The number of aliphatic carboxylic acids is 1. The van der Waals surface area contributed by atoms with Gasteiger partial charge in [-0.1, -0.05) is 29.8 Å². The van der Waals surface area contributed by atoms with Gasteiger partial charge in [-0.3, -0.25) is 9.69 Å². The van der Waals surface area contributed by atoms with Gasteiger partial charge in [0.1, 0.15) is 23.8 Å². The van der Waals surface area contributed by atoms with Crippen LogP contribution >= 0.6 is 0 Å². The number of carboxylic acids is 1. The van der Waals surface area contributed by atoms with Crippen LogP contribution in [-0.2, 0) is 17.8 Å². The van der Waals surface area contributed by atoms with Crippen molar-refractivity contribution in [1.29, 1.82) is 0 Å². The van der Waals surface area contributed by atoms with Crippen molar-refractivity contribution in [3.05, 3.63) is 77.0 Å². The van der Waals surface area contributed by atoms with Crippen LogP contribution in [0.3, 0.4) is 0 Å². The standard InChI is InChI=1S/C24H26N2O6/c1-16-4-8-21(9-5-16)32-24(29)26(15-23(27)28)14-19-6-10-20(11-7-19)30-13-12-22-17(2)31-18(3)25-22/h4-11H,12-15H2,1-3H3,(H,27,28). The molecule has 0 aliphatic heterocycles. The molecule has 1 N–H and O–H groups in total. The Balaban J connectivity index is 1.57. The van der Waals surface area contributed by atoms with Crippen LogP contribution in [0.5, 0.6) is 11.5 Å². The molecule has 0 bridgehead atoms. The molecule has 32 heavy (non-hydrogen) atoms. The maximum atomic E-state index is 12.5. The molecule has 1 amide bonds. The molecule has 1 aromatic heterocycles. The van der Waals surface area contributed by atoms with Crippen molar-refractivity contribution in [2.24, 2.45) is 0 Å². The maximum absolute atomic E-state index is 12.5. The summed E-state index contributed by atoms with van der Waals surface area (Å²) in [6.07, 6.45) is -0.0998. The van der Waals surface area contributed by atoms with Crippen LogP contribution in [0.15, 0.2) is 52.9 Å². The number of amides is 1. The molecule has 0 spiro atoms. The molecular weight excluding hydrogens is 412 g/mol. The molecule has 2 aromatic carbocycles. The van der Waals surface area contributed by atoms with Gasteiger partial charge in [0.2, 0.25) is 0 Å². The van der Waals surface area contributed by atoms with Gasteiger partial charge in [-0.25, -0.2) is 9.78 Å². The summed E-state index contributed by atoms with van der Waals surface area (Å²) in [7, 11) is 0. The molecule has 0 atom stereocenters. The summed E-state index contributed by atoms with van der Waals surface area (Å²) in [5, 5.41) is 9.19. The van der Waals surface area contributed by atoms with Gasteiger partial charge >= 0.3 is 12.1 Å². The molecule has 0 aliphatic rings. The van der Waals surface area contributed by atoms with Crippen molar-refractivity contribution in [3.8, 4) is 11.5 Å². The number of aryl methyl sites for hydroxylation is 3. The number of ether oxygens (including phenoxy) is 2. The zero-order valence-corrected chi connectivity index (χ0v) is 18.3. The van der Waals surface area contributed by atoms with Crippen LogP contribution in [-0.4, -0.2) is 40.2 Å². The third-order valence-corrected chi connectivity index (χ3v) is 4.71. The number of carboxylic acid groups (broad SMARTS) is 1. The first kappa shape index (κ1) is 22.9. The molecular formula is C24H26N2O6. The van der Waals surface area contributed by atoms with Crippen molar-refractivity contribution in [3.63, 3.8) is 0 Å². The van der Waals surface area contributed by atoms with E-state index in [-0.39, 0.29) is 6.54 Å². The largest absolute Gasteiger partial charge is 0.493 e. The van der Waals surface area contributed by atoms with Crippen molar-refractivity contribution in [2.75, 3.05) is 13.2 Å². The first-order chi connectivity index (χ1) is 15.3. The molecule has 8 nitrogen and oxygen atoms in total. The molecule has 0 radical (unpaired) electrons. The summed E-state index contributed by atoms with van der Waals surface area (Å²) in [5.41, 5.74) is 2.65. The number of carbonyl (C=O) groups is 2. The Kier molecular flexibility index (Phi) is 7.49. The Morgan fingerprint density at radius 1 is 1.00 bits per heavy atom. The van der Waals surface area contributed by atoms with Crippen molar-refractivity contribution < 1.29 is 28.6 Å². The third kappa shape index (κ3) is 6.60. The summed E-state index contributed by atoms with van der Waals surface area (Å²) in [6.45, 7) is 5.66. The number of carbonyl (C=O) groups excluding carboxylic acids is 1. The van der Waals surface area contributed by atoms with E-state index in [0.717, 1.165) is 27.5 Å². The summed E-state index contributed by atoms with van der Waals surface area (Å²) < 4.78 is 16.5. The van der Waals surface area contributed by atoms with E-state index in [4.69, 9.17) is 13.9 Å². The Morgan fingerprint density at radius 3 is 2.25 bits per heavy atom. The second-order valence-corrected chi connectivity index (χ2v) is 7.41. The van der Waals surface area contributed by atoms with Crippen LogP contribution in [0.1, 0.15) is 28.5 Å². The quantitative estimate of drug-likeness (QED) is 0.531. The zero-order valence-electron chi connectivity index (χ0n) is 18.3. The van der Waals surface area contributed by atoms with E-state index in [2.05, 4.69) is 4.98 Å². The highest BCUT2D eigenvalue weighted by molar-refractivity contribution is 5.78. The molecule has 0 saturated heterocycles.